The largest absolute Gasteiger partial charge is 0.332 e. The molecule has 15 heavy (non-hydrogen) atoms. The number of hydrogen-bond acceptors (Lipinski definition) is 3. The van der Waals surface area contributed by atoms with Gasteiger partial charge in [0.05, 0.1) is 11.1 Å². The average molecular weight is 203 g/mol. The van der Waals surface area contributed by atoms with Gasteiger partial charge in [0.1, 0.15) is 5.69 Å². The van der Waals surface area contributed by atoms with E-state index < -0.39 is 6.04 Å². The zero-order valence-corrected chi connectivity index (χ0v) is 7.61. The number of rotatable bonds is 2. The molecule has 0 atom stereocenters. The zero-order valence-electron chi connectivity index (χ0n) is 7.61. The predicted molar refractivity (Wildman–Crippen MR) is 52.6 cm³/mol. The number of hydrogen-bond donors (Lipinski definition) is 0. The number of carbonyl (C=O) groups is 2. The van der Waals surface area contributed by atoms with Crippen LogP contribution in [0.5, 0.6) is 0 Å². The van der Waals surface area contributed by atoms with Gasteiger partial charge in [-0.3, -0.25) is 9.59 Å². The molecule has 3 nitrogen and oxygen atoms in total. The average Bonchev–Trinajstić information content (AvgIpc) is 2.27. The lowest BCUT2D eigenvalue weighted by molar-refractivity contribution is 0.0836. The predicted octanol–water partition coefficient (Wildman–Crippen LogP) is 2.16. The molecule has 0 N–H and O–H groups in total. The first-order valence-corrected chi connectivity index (χ1v) is 4.26. The molecule has 74 valence electrons. The Bertz CT molecular complexity index is 551. The van der Waals surface area contributed by atoms with Crippen LogP contribution in [-0.2, 0) is 0 Å². The van der Waals surface area contributed by atoms with E-state index >= 15 is 0 Å². The second kappa shape index (κ2) is 3.57. The number of aldehydes is 1. The van der Waals surface area contributed by atoms with Gasteiger partial charge >= 0.3 is 6.04 Å². The Hall–Kier alpha value is -2.10. The minimum atomic E-state index is -1.48. The van der Waals surface area contributed by atoms with Crippen molar-refractivity contribution in [3.63, 3.8) is 0 Å². The summed E-state index contributed by atoms with van der Waals surface area (Å²) in [6, 6.07) is 5.91. The number of benzene rings is 1. The molecule has 1 aromatic heterocycles. The van der Waals surface area contributed by atoms with Gasteiger partial charge in [0.2, 0.25) is 0 Å². The van der Waals surface area contributed by atoms with Crippen LogP contribution < -0.4 is 0 Å². The van der Waals surface area contributed by atoms with Gasteiger partial charge in [-0.25, -0.2) is 4.98 Å². The van der Waals surface area contributed by atoms with Crippen molar-refractivity contribution in [2.24, 2.45) is 0 Å². The molecule has 4 heteroatoms. The van der Waals surface area contributed by atoms with Crippen LogP contribution in [0.3, 0.4) is 0 Å². The van der Waals surface area contributed by atoms with E-state index in [1.54, 1.807) is 6.07 Å². The van der Waals surface area contributed by atoms with Gasteiger partial charge in [0, 0.05) is 5.39 Å². The highest BCUT2D eigenvalue weighted by atomic mass is 19.1. The molecule has 1 aromatic carbocycles. The molecular formula is C11H6FNO2. The Morgan fingerprint density at radius 2 is 2.07 bits per heavy atom. The number of pyridine rings is 1. The molecule has 0 amide bonds. The van der Waals surface area contributed by atoms with E-state index in [4.69, 9.17) is 0 Å². The molecule has 0 aliphatic rings. The molecule has 0 fully saturated rings. The van der Waals surface area contributed by atoms with Crippen LogP contribution >= 0.6 is 0 Å². The first kappa shape index (κ1) is 9.45. The number of carbonyl (C=O) groups excluding carboxylic acids is 2. The number of aromatic nitrogens is 1. The van der Waals surface area contributed by atoms with Crippen molar-refractivity contribution < 1.29 is 14.0 Å². The van der Waals surface area contributed by atoms with Gasteiger partial charge < -0.3 is 0 Å². The Kier molecular flexibility index (Phi) is 2.25. The highest BCUT2D eigenvalue weighted by Crippen LogP contribution is 2.15. The summed E-state index contributed by atoms with van der Waals surface area (Å²) in [5, 5.41) is 0.629. The van der Waals surface area contributed by atoms with Crippen LogP contribution in [0.2, 0.25) is 0 Å². The summed E-state index contributed by atoms with van der Waals surface area (Å²) < 4.78 is 12.4. The summed E-state index contributed by atoms with van der Waals surface area (Å²) in [6.45, 7) is 0. The van der Waals surface area contributed by atoms with Gasteiger partial charge in [-0.05, 0) is 24.3 Å². The van der Waals surface area contributed by atoms with E-state index in [2.05, 4.69) is 4.98 Å². The smallest absolute Gasteiger partial charge is 0.296 e. The Morgan fingerprint density at radius 1 is 1.27 bits per heavy atom. The van der Waals surface area contributed by atoms with Crippen molar-refractivity contribution in [3.05, 3.63) is 41.6 Å². The van der Waals surface area contributed by atoms with E-state index in [1.165, 1.54) is 24.3 Å². The van der Waals surface area contributed by atoms with Gasteiger partial charge in [-0.2, -0.15) is 4.39 Å². The normalized spacial score (nSPS) is 10.2. The van der Waals surface area contributed by atoms with Gasteiger partial charge in [-0.1, -0.05) is 6.07 Å². The van der Waals surface area contributed by atoms with Crippen molar-refractivity contribution in [2.45, 2.75) is 0 Å². The van der Waals surface area contributed by atoms with E-state index in [0.29, 0.717) is 22.9 Å². The van der Waals surface area contributed by atoms with Gasteiger partial charge in [0.15, 0.2) is 6.29 Å². The summed E-state index contributed by atoms with van der Waals surface area (Å²) in [6.07, 6.45) is 0.633. The summed E-state index contributed by atoms with van der Waals surface area (Å²) in [7, 11) is 0. The van der Waals surface area contributed by atoms with Gasteiger partial charge in [-0.15, -0.1) is 0 Å². The van der Waals surface area contributed by atoms with Crippen LogP contribution in [0.25, 0.3) is 10.9 Å². The molecule has 2 rings (SSSR count). The SMILES string of the molecule is O=Cc1ccc2cc(C(=O)F)ccc2n1. The molecular weight excluding hydrogens is 197 g/mol. The standard InChI is InChI=1S/C11H6FNO2/c12-11(15)8-2-4-10-7(5-8)1-3-9(6-14)13-10/h1-6H. The van der Waals surface area contributed by atoms with E-state index in [1.807, 2.05) is 0 Å². The van der Waals surface area contributed by atoms with Crippen LogP contribution in [0, 0.1) is 0 Å². The molecule has 0 saturated heterocycles. The third kappa shape index (κ3) is 1.74. The second-order valence-electron chi connectivity index (χ2n) is 3.04. The first-order valence-electron chi connectivity index (χ1n) is 4.26. The molecule has 0 unspecified atom stereocenters. The molecule has 0 aliphatic carbocycles. The summed E-state index contributed by atoms with van der Waals surface area (Å²) in [5.41, 5.74) is 0.856. The van der Waals surface area contributed by atoms with Crippen molar-refractivity contribution in [1.82, 2.24) is 4.98 Å². The van der Waals surface area contributed by atoms with Crippen molar-refractivity contribution in [1.29, 1.82) is 0 Å². The quantitative estimate of drug-likeness (QED) is 0.555. The maximum atomic E-state index is 12.4. The topological polar surface area (TPSA) is 47.0 Å². The highest BCUT2D eigenvalue weighted by Gasteiger charge is 2.05. The summed E-state index contributed by atoms with van der Waals surface area (Å²) >= 11 is 0. The second-order valence-corrected chi connectivity index (χ2v) is 3.04. The number of halogens is 1. The van der Waals surface area contributed by atoms with Crippen LogP contribution in [0.4, 0.5) is 4.39 Å². The minimum absolute atomic E-state index is 0.0110. The van der Waals surface area contributed by atoms with E-state index in [0.717, 1.165) is 0 Å². The lowest BCUT2D eigenvalue weighted by atomic mass is 10.1. The van der Waals surface area contributed by atoms with Crippen molar-refractivity contribution in [2.75, 3.05) is 0 Å². The monoisotopic (exact) mass is 203 g/mol. The van der Waals surface area contributed by atoms with Crippen molar-refractivity contribution >= 4 is 23.2 Å². The Morgan fingerprint density at radius 3 is 2.73 bits per heavy atom. The fourth-order valence-electron chi connectivity index (χ4n) is 1.33. The molecule has 1 heterocycles. The minimum Gasteiger partial charge on any atom is -0.296 e. The molecule has 2 aromatic rings. The van der Waals surface area contributed by atoms with Crippen LogP contribution in [0.1, 0.15) is 20.8 Å². The maximum absolute atomic E-state index is 12.4. The molecule has 0 spiro atoms. The third-order valence-corrected chi connectivity index (χ3v) is 2.06. The molecule has 0 saturated carbocycles. The fraction of sp³-hybridized carbons (Fsp3) is 0. The first-order chi connectivity index (χ1) is 7.20. The lowest BCUT2D eigenvalue weighted by Crippen LogP contribution is -1.92. The van der Waals surface area contributed by atoms with Crippen LogP contribution in [-0.4, -0.2) is 17.3 Å². The Balaban J connectivity index is 2.64. The highest BCUT2D eigenvalue weighted by molar-refractivity contribution is 5.94. The maximum Gasteiger partial charge on any atom is 0.332 e. The molecule has 0 aliphatic heterocycles. The van der Waals surface area contributed by atoms with Crippen LogP contribution in [0.15, 0.2) is 30.3 Å². The van der Waals surface area contributed by atoms with E-state index in [-0.39, 0.29) is 5.56 Å². The number of fused-ring (bicyclic) bond motifs is 1. The molecule has 0 radical (unpaired) electrons. The summed E-state index contributed by atoms with van der Waals surface area (Å²) in [5.74, 6) is 0. The Labute approximate surface area is 84.6 Å². The summed E-state index contributed by atoms with van der Waals surface area (Å²) in [4.78, 5) is 24.9. The van der Waals surface area contributed by atoms with E-state index in [9.17, 15) is 14.0 Å². The van der Waals surface area contributed by atoms with Crippen molar-refractivity contribution in [3.8, 4) is 0 Å². The fourth-order valence-corrected chi connectivity index (χ4v) is 1.33. The third-order valence-electron chi connectivity index (χ3n) is 2.06. The lowest BCUT2D eigenvalue weighted by Gasteiger charge is -1.98. The number of nitrogens with zero attached hydrogens (tertiary/aromatic N) is 1. The molecule has 0 bridgehead atoms. The van der Waals surface area contributed by atoms with Gasteiger partial charge in [0.25, 0.3) is 0 Å². The zero-order chi connectivity index (χ0) is 10.8.